The van der Waals surface area contributed by atoms with Crippen molar-refractivity contribution >= 4 is 5.91 Å². The van der Waals surface area contributed by atoms with Crippen LogP contribution in [0.4, 0.5) is 17.6 Å². The standard InChI is InChI=1S/C35H51F4NO4/c1-6-7-26(15-22(2)11-13-41)16-23(3)14-24(4)17-27-10-12-34(44-20-27,29-8-9-29)33(42)40-19-28-18-30(35(37,38)39)25(5)31(36)32(28)43-21-40/h16,18,22-23,25,27,29,31,41H,4,6-15,17,19-21H2,1-3,5H3/b26-16+/t22-,23?,25?,27?,31?,34-/m0/s1. The van der Waals surface area contributed by atoms with E-state index in [-0.39, 0.29) is 49.0 Å². The maximum Gasteiger partial charge on any atom is 0.413 e. The number of amides is 1. The van der Waals surface area contributed by atoms with E-state index in [4.69, 9.17) is 9.47 Å². The van der Waals surface area contributed by atoms with Gasteiger partial charge in [0.1, 0.15) is 11.4 Å². The lowest BCUT2D eigenvalue weighted by atomic mass is 9.80. The maximum absolute atomic E-state index is 14.9. The normalized spacial score (nSPS) is 29.5. The van der Waals surface area contributed by atoms with E-state index >= 15 is 0 Å². The molecule has 248 valence electrons. The van der Waals surface area contributed by atoms with Crippen LogP contribution in [0.3, 0.4) is 0 Å². The number of carbonyl (C=O) groups excluding carboxylic acids is 1. The summed E-state index contributed by atoms with van der Waals surface area (Å²) in [5.41, 5.74) is 0.741. The van der Waals surface area contributed by atoms with Gasteiger partial charge in [-0.25, -0.2) is 4.39 Å². The lowest BCUT2D eigenvalue weighted by Crippen LogP contribution is -2.57. The van der Waals surface area contributed by atoms with Gasteiger partial charge < -0.3 is 19.5 Å². The van der Waals surface area contributed by atoms with E-state index in [0.717, 1.165) is 69.4 Å². The van der Waals surface area contributed by atoms with Crippen LogP contribution >= 0.6 is 0 Å². The van der Waals surface area contributed by atoms with Gasteiger partial charge >= 0.3 is 6.18 Å². The number of alkyl halides is 4. The number of halogens is 4. The van der Waals surface area contributed by atoms with Crippen molar-refractivity contribution in [2.45, 2.75) is 110 Å². The summed E-state index contributed by atoms with van der Waals surface area (Å²) in [5.74, 6) is -0.584. The fourth-order valence-electron chi connectivity index (χ4n) is 7.35. The second-order valence-electron chi connectivity index (χ2n) is 13.9. The summed E-state index contributed by atoms with van der Waals surface area (Å²) in [7, 11) is 0. The minimum atomic E-state index is -4.65. The smallest absolute Gasteiger partial charge is 0.413 e. The molecule has 0 aromatic carbocycles. The van der Waals surface area contributed by atoms with Crippen LogP contribution in [-0.4, -0.2) is 60.4 Å². The average molecular weight is 626 g/mol. The first-order chi connectivity index (χ1) is 20.8. The van der Waals surface area contributed by atoms with Crippen LogP contribution in [0.15, 0.2) is 46.8 Å². The molecule has 1 N–H and O–H groups in total. The van der Waals surface area contributed by atoms with E-state index < -0.39 is 29.4 Å². The first-order valence-electron chi connectivity index (χ1n) is 16.5. The fraction of sp³-hybridized carbons (Fsp3) is 0.743. The third kappa shape index (κ3) is 8.17. The molecule has 4 aliphatic rings. The summed E-state index contributed by atoms with van der Waals surface area (Å²) in [5, 5.41) is 9.27. The predicted octanol–water partition coefficient (Wildman–Crippen LogP) is 8.22. The number of nitrogens with zero attached hydrogens (tertiary/aromatic N) is 1. The minimum Gasteiger partial charge on any atom is -0.474 e. The number of hydrogen-bond donors (Lipinski definition) is 1. The first kappa shape index (κ1) is 34.7. The monoisotopic (exact) mass is 625 g/mol. The Labute approximate surface area is 260 Å². The molecule has 2 aliphatic carbocycles. The van der Waals surface area contributed by atoms with Gasteiger partial charge in [0.05, 0.1) is 13.2 Å². The molecule has 4 rings (SSSR count). The lowest BCUT2D eigenvalue weighted by molar-refractivity contribution is -0.178. The number of aliphatic hydroxyl groups excluding tert-OH is 1. The summed E-state index contributed by atoms with van der Waals surface area (Å²) in [6.07, 6.45) is 5.55. The van der Waals surface area contributed by atoms with Gasteiger partial charge in [-0.15, -0.1) is 0 Å². The van der Waals surface area contributed by atoms with Crippen LogP contribution < -0.4 is 0 Å². The molecule has 6 atom stereocenters. The third-order valence-electron chi connectivity index (χ3n) is 9.79. The van der Waals surface area contributed by atoms with E-state index in [2.05, 4.69) is 33.4 Å². The molecular formula is C35H51F4NO4. The highest BCUT2D eigenvalue weighted by atomic mass is 19.4. The molecule has 4 unspecified atom stereocenters. The molecule has 0 radical (unpaired) electrons. The van der Waals surface area contributed by atoms with Gasteiger partial charge in [0.25, 0.3) is 5.91 Å². The van der Waals surface area contributed by atoms with Crippen molar-refractivity contribution < 1.29 is 36.9 Å². The summed E-state index contributed by atoms with van der Waals surface area (Å²) in [4.78, 5) is 15.3. The van der Waals surface area contributed by atoms with Crippen molar-refractivity contribution in [2.75, 3.05) is 26.5 Å². The zero-order chi connectivity index (χ0) is 32.2. The summed E-state index contributed by atoms with van der Waals surface area (Å²) in [6.45, 7) is 12.5. The van der Waals surface area contributed by atoms with Crippen molar-refractivity contribution in [3.63, 3.8) is 0 Å². The summed E-state index contributed by atoms with van der Waals surface area (Å²) < 4.78 is 67.7. The van der Waals surface area contributed by atoms with Crippen molar-refractivity contribution in [3.8, 4) is 0 Å². The van der Waals surface area contributed by atoms with Gasteiger partial charge in [0.15, 0.2) is 12.9 Å². The van der Waals surface area contributed by atoms with Gasteiger partial charge in [0.2, 0.25) is 0 Å². The Morgan fingerprint density at radius 1 is 1.25 bits per heavy atom. The van der Waals surface area contributed by atoms with Gasteiger partial charge in [0, 0.05) is 23.7 Å². The molecule has 0 aromatic rings. The molecule has 9 heteroatoms. The Morgan fingerprint density at radius 2 is 1.98 bits per heavy atom. The molecule has 0 bridgehead atoms. The van der Waals surface area contributed by atoms with E-state index in [9.17, 15) is 27.5 Å². The maximum atomic E-state index is 14.9. The number of aliphatic hydroxyl groups is 1. The highest BCUT2D eigenvalue weighted by Crippen LogP contribution is 2.50. The molecule has 0 aromatic heterocycles. The first-order valence-corrected chi connectivity index (χ1v) is 16.5. The Kier molecular flexibility index (Phi) is 11.5. The van der Waals surface area contributed by atoms with Crippen LogP contribution in [-0.2, 0) is 14.3 Å². The fourth-order valence-corrected chi connectivity index (χ4v) is 7.35. The molecular weight excluding hydrogens is 574 g/mol. The molecule has 0 spiro atoms. The average Bonchev–Trinajstić information content (AvgIpc) is 3.80. The zero-order valence-corrected chi connectivity index (χ0v) is 26.9. The predicted molar refractivity (Wildman–Crippen MR) is 163 cm³/mol. The van der Waals surface area contributed by atoms with Gasteiger partial charge in [-0.05, 0) is 87.5 Å². The third-order valence-corrected chi connectivity index (χ3v) is 9.79. The molecule has 1 saturated heterocycles. The lowest BCUT2D eigenvalue weighted by Gasteiger charge is -2.44. The largest absolute Gasteiger partial charge is 0.474 e. The van der Waals surface area contributed by atoms with Crippen LogP contribution in [0.1, 0.15) is 91.9 Å². The molecule has 1 amide bonds. The molecule has 44 heavy (non-hydrogen) atoms. The Morgan fingerprint density at radius 3 is 2.57 bits per heavy atom. The van der Waals surface area contributed by atoms with Gasteiger partial charge in [-0.2, -0.15) is 13.2 Å². The van der Waals surface area contributed by atoms with Crippen LogP contribution in [0.5, 0.6) is 0 Å². The summed E-state index contributed by atoms with van der Waals surface area (Å²) >= 11 is 0. The van der Waals surface area contributed by atoms with Crippen molar-refractivity contribution in [1.29, 1.82) is 0 Å². The molecule has 2 heterocycles. The van der Waals surface area contributed by atoms with Crippen LogP contribution in [0.2, 0.25) is 0 Å². The van der Waals surface area contributed by atoms with Crippen LogP contribution in [0.25, 0.3) is 0 Å². The quantitative estimate of drug-likeness (QED) is 0.166. The Bertz CT molecular complexity index is 1130. The number of allylic oxidation sites excluding steroid dienone is 5. The highest BCUT2D eigenvalue weighted by molar-refractivity contribution is 5.86. The van der Waals surface area contributed by atoms with Gasteiger partial charge in [-0.3, -0.25) is 4.79 Å². The topological polar surface area (TPSA) is 59.0 Å². The zero-order valence-electron chi connectivity index (χ0n) is 26.9. The van der Waals surface area contributed by atoms with E-state index in [1.807, 2.05) is 0 Å². The Balaban J connectivity index is 1.35. The number of rotatable bonds is 13. The van der Waals surface area contributed by atoms with Crippen molar-refractivity contribution in [1.82, 2.24) is 4.90 Å². The summed E-state index contributed by atoms with van der Waals surface area (Å²) in [6, 6.07) is 0. The Hall–Kier alpha value is -2.13. The second-order valence-corrected chi connectivity index (χ2v) is 13.9. The molecule has 2 aliphatic heterocycles. The van der Waals surface area contributed by atoms with E-state index in [1.54, 1.807) is 0 Å². The van der Waals surface area contributed by atoms with Crippen molar-refractivity contribution in [2.24, 2.45) is 29.6 Å². The minimum absolute atomic E-state index is 0.0754. The van der Waals surface area contributed by atoms with E-state index in [0.29, 0.717) is 24.9 Å². The van der Waals surface area contributed by atoms with Crippen molar-refractivity contribution in [3.05, 3.63) is 46.8 Å². The van der Waals surface area contributed by atoms with Gasteiger partial charge in [-0.1, -0.05) is 57.9 Å². The molecule has 1 saturated carbocycles. The highest BCUT2D eigenvalue weighted by Gasteiger charge is 2.56. The number of ether oxygens (including phenoxy) is 2. The number of hydrogen-bond acceptors (Lipinski definition) is 4. The molecule has 5 nitrogen and oxygen atoms in total. The second kappa shape index (κ2) is 14.5. The van der Waals surface area contributed by atoms with E-state index in [1.165, 1.54) is 17.4 Å². The molecule has 2 fully saturated rings. The van der Waals surface area contributed by atoms with Crippen LogP contribution in [0, 0.1) is 29.6 Å². The SMILES string of the molecule is C=C(CC(C)/C=C(\CCC)C[C@@H](C)CCO)CC1CC[C@@](C(=O)N2COC3=C(C=C(C(F)(F)F)C(C)C3F)C2)(C2CC2)OC1. The number of carbonyl (C=O) groups is 1.